The number of hydrogen-bond acceptors (Lipinski definition) is 15. The molecule has 4 fully saturated rings. The predicted octanol–water partition coefficient (Wildman–Crippen LogP) is 5.26. The fraction of sp³-hybridized carbons (Fsp3) is 0.681. The van der Waals surface area contributed by atoms with Crippen molar-refractivity contribution >= 4 is 30.0 Å². The van der Waals surface area contributed by atoms with Crippen molar-refractivity contribution in [3.63, 3.8) is 0 Å². The zero-order valence-corrected chi connectivity index (χ0v) is 38.5. The van der Waals surface area contributed by atoms with E-state index in [0.717, 1.165) is 0 Å². The highest BCUT2D eigenvalue weighted by atomic mass is 16.7. The van der Waals surface area contributed by atoms with Crippen LogP contribution in [-0.4, -0.2) is 119 Å². The van der Waals surface area contributed by atoms with Crippen LogP contribution in [0.4, 0.5) is 4.79 Å². The smallest absolute Gasteiger partial charge is 0.407 e. The van der Waals surface area contributed by atoms with Crippen molar-refractivity contribution in [2.24, 2.45) is 22.2 Å². The Labute approximate surface area is 369 Å². The van der Waals surface area contributed by atoms with E-state index in [1.807, 2.05) is 20.8 Å². The Kier molecular flexibility index (Phi) is 12.9. The Balaban J connectivity index is 1.61. The number of aliphatic hydroxyl groups excluding tert-OH is 1. The molecule has 1 aromatic carbocycles. The van der Waals surface area contributed by atoms with Gasteiger partial charge in [-0.3, -0.25) is 9.59 Å². The van der Waals surface area contributed by atoms with Crippen molar-refractivity contribution in [2.45, 2.75) is 174 Å². The molecule has 3 N–H and O–H groups in total. The molecule has 2 unspecified atom stereocenters. The van der Waals surface area contributed by atoms with E-state index >= 15 is 0 Å². The third kappa shape index (κ3) is 7.97. The molecule has 0 aromatic heterocycles. The average Bonchev–Trinajstić information content (AvgIpc) is 3.44. The predicted molar refractivity (Wildman–Crippen MR) is 225 cm³/mol. The Bertz CT molecular complexity index is 2000. The summed E-state index contributed by atoms with van der Waals surface area (Å²) in [6.45, 7) is 23.4. The quantitative estimate of drug-likeness (QED) is 0.139. The van der Waals surface area contributed by atoms with Crippen LogP contribution in [0.1, 0.15) is 113 Å². The van der Waals surface area contributed by atoms with E-state index in [-0.39, 0.29) is 42.9 Å². The van der Waals surface area contributed by atoms with Crippen LogP contribution in [-0.2, 0) is 52.3 Å². The second-order valence-corrected chi connectivity index (χ2v) is 20.1. The second-order valence-electron chi connectivity index (χ2n) is 20.1. The van der Waals surface area contributed by atoms with Gasteiger partial charge in [-0.05, 0) is 83.2 Å². The van der Waals surface area contributed by atoms with Crippen LogP contribution in [0.25, 0.3) is 0 Å². The number of hydrogen-bond donors (Lipinski definition) is 3. The van der Waals surface area contributed by atoms with Gasteiger partial charge in [0, 0.05) is 32.1 Å². The number of nitrogens with one attached hydrogen (secondary N) is 1. The molecule has 16 heteroatoms. The van der Waals surface area contributed by atoms with Gasteiger partial charge in [-0.25, -0.2) is 14.4 Å². The van der Waals surface area contributed by atoms with Crippen molar-refractivity contribution in [1.82, 2.24) is 5.32 Å². The molecular formula is C47H65NO15. The first kappa shape index (κ1) is 48.1. The minimum Gasteiger partial charge on any atom is -0.457 e. The highest BCUT2D eigenvalue weighted by Crippen LogP contribution is 2.75. The molecule has 1 aromatic rings. The van der Waals surface area contributed by atoms with E-state index in [4.69, 9.17) is 37.9 Å². The Morgan fingerprint density at radius 2 is 1.62 bits per heavy atom. The highest BCUT2D eigenvalue weighted by molar-refractivity contribution is 5.89. The molecule has 1 amide bonds. The van der Waals surface area contributed by atoms with Gasteiger partial charge in [0.1, 0.15) is 30.0 Å². The molecule has 0 spiro atoms. The third-order valence-electron chi connectivity index (χ3n) is 14.2. The lowest BCUT2D eigenvalue weighted by atomic mass is 9.41. The molecule has 0 radical (unpaired) electrons. The summed E-state index contributed by atoms with van der Waals surface area (Å²) in [6.07, 6.45) is -9.12. The maximum atomic E-state index is 14.7. The maximum absolute atomic E-state index is 14.7. The van der Waals surface area contributed by atoms with Crippen LogP contribution in [0.2, 0.25) is 0 Å². The average molecular weight is 884 g/mol. The molecule has 0 bridgehead atoms. The fourth-order valence-corrected chi connectivity index (χ4v) is 11.3. The number of benzene rings is 1. The Morgan fingerprint density at radius 3 is 2.14 bits per heavy atom. The summed E-state index contributed by atoms with van der Waals surface area (Å²) >= 11 is 0. The van der Waals surface area contributed by atoms with E-state index in [0.29, 0.717) is 5.57 Å². The van der Waals surface area contributed by atoms with Crippen LogP contribution in [0.5, 0.6) is 0 Å². The summed E-state index contributed by atoms with van der Waals surface area (Å²) in [7, 11) is 0. The van der Waals surface area contributed by atoms with E-state index in [1.54, 1.807) is 65.0 Å². The molecule has 2 saturated heterocycles. The molecule has 2 aliphatic heterocycles. The van der Waals surface area contributed by atoms with Gasteiger partial charge in [-0.15, -0.1) is 0 Å². The van der Waals surface area contributed by atoms with Gasteiger partial charge in [0.05, 0.1) is 40.7 Å². The lowest BCUT2D eigenvalue weighted by Gasteiger charge is -2.72. The molecule has 13 atom stereocenters. The van der Waals surface area contributed by atoms with E-state index in [1.165, 1.54) is 33.8 Å². The standard InChI is InChI=1S/C47H65NO15/c1-14-33-59-31-21-32-47(23-56-32,62-27(6)50)45(13)40(61-38(52)28-18-16-15-17-19-28)46(43(10,11)55)22-30(25(4)34(46)36(57-26(5)49)37(60-33)44(31,45)12)58-39(53)35(51)29(20-24(2)3)48-41(54)63-42(7,8)9/h14-19,24,29-33,35-37,40,51,55H,1,20-23H2,2-13H3,(H,48,54)/t29-,30-,31-,32+,33?,35+,36-,37-,40-,44-,45-,46?,47-/m0/s1. The molecule has 348 valence electrons. The number of alkyl carbamates (subject to hydrolysis) is 1. The van der Waals surface area contributed by atoms with Crippen LogP contribution >= 0.6 is 0 Å². The number of rotatable bonds is 12. The van der Waals surface area contributed by atoms with Gasteiger partial charge < -0.3 is 53.4 Å². The summed E-state index contributed by atoms with van der Waals surface area (Å²) in [4.78, 5) is 68.8. The van der Waals surface area contributed by atoms with Crippen LogP contribution in [0.15, 0.2) is 54.1 Å². The summed E-state index contributed by atoms with van der Waals surface area (Å²) in [5.74, 6) is -3.33. The maximum Gasteiger partial charge on any atom is 0.407 e. The fourth-order valence-electron chi connectivity index (χ4n) is 11.3. The van der Waals surface area contributed by atoms with Gasteiger partial charge in [-0.1, -0.05) is 52.5 Å². The normalized spacial score (nSPS) is 35.6. The number of carbonyl (C=O) groups is 5. The van der Waals surface area contributed by atoms with Gasteiger partial charge >= 0.3 is 30.0 Å². The number of carbonyl (C=O) groups excluding carboxylic acids is 5. The number of ether oxygens (including phenoxy) is 8. The van der Waals surface area contributed by atoms with E-state index in [9.17, 15) is 34.2 Å². The SMILES string of the molecule is C=CC1O[C@H]2C[C@H]3OC[C@@]3(OC(C)=O)[C@@]3(C)[C@H](OC(=O)c4ccccc4)C4(C(C)(C)O)C[C@H](OC(=O)[C@H](O)[C@H](CC(C)C)NC(=O)OC(C)(C)C)C(C)=C4[C@H](OC(C)=O)[C@H](O1)[C@]23C. The minimum absolute atomic E-state index is 0.0885. The van der Waals surface area contributed by atoms with Gasteiger partial charge in [-0.2, -0.15) is 0 Å². The lowest BCUT2D eigenvalue weighted by Crippen LogP contribution is -2.85. The van der Waals surface area contributed by atoms with E-state index < -0.39 is 118 Å². The summed E-state index contributed by atoms with van der Waals surface area (Å²) in [5, 5.41) is 27.3. The molecule has 16 nitrogen and oxygen atoms in total. The number of fused-ring (bicyclic) bond motifs is 3. The molecule has 2 saturated carbocycles. The van der Waals surface area contributed by atoms with E-state index in [2.05, 4.69) is 11.9 Å². The molecule has 5 aliphatic rings. The number of esters is 4. The minimum atomic E-state index is -1.93. The molecule has 6 rings (SSSR count). The van der Waals surface area contributed by atoms with Crippen LogP contribution in [0.3, 0.4) is 0 Å². The summed E-state index contributed by atoms with van der Waals surface area (Å²) in [5.41, 5.74) is -8.46. The van der Waals surface area contributed by atoms with Crippen LogP contribution in [0, 0.1) is 22.2 Å². The van der Waals surface area contributed by atoms with Crippen molar-refractivity contribution < 1.29 is 72.1 Å². The van der Waals surface area contributed by atoms with Gasteiger partial charge in [0.25, 0.3) is 0 Å². The highest BCUT2D eigenvalue weighted by Gasteiger charge is 2.86. The first-order chi connectivity index (χ1) is 29.2. The second kappa shape index (κ2) is 16.9. The van der Waals surface area contributed by atoms with Crippen molar-refractivity contribution in [2.75, 3.05) is 6.61 Å². The topological polar surface area (TPSA) is 212 Å². The zero-order valence-electron chi connectivity index (χ0n) is 38.5. The lowest BCUT2D eigenvalue weighted by molar-refractivity contribution is -0.422. The summed E-state index contributed by atoms with van der Waals surface area (Å²) < 4.78 is 51.0. The largest absolute Gasteiger partial charge is 0.457 e. The first-order valence-electron chi connectivity index (χ1n) is 21.7. The van der Waals surface area contributed by atoms with Crippen molar-refractivity contribution in [3.8, 4) is 0 Å². The molecular weight excluding hydrogens is 819 g/mol. The Hall–Kier alpha value is -4.35. The van der Waals surface area contributed by atoms with Gasteiger partial charge in [0.2, 0.25) is 0 Å². The zero-order chi connectivity index (χ0) is 46.8. The number of aliphatic hydroxyl groups is 2. The summed E-state index contributed by atoms with van der Waals surface area (Å²) in [6, 6.07) is 7.11. The number of amides is 1. The van der Waals surface area contributed by atoms with Crippen molar-refractivity contribution in [1.29, 1.82) is 0 Å². The Morgan fingerprint density at radius 1 is 0.968 bits per heavy atom. The van der Waals surface area contributed by atoms with Gasteiger partial charge in [0.15, 0.2) is 24.1 Å². The third-order valence-corrected chi connectivity index (χ3v) is 14.2. The van der Waals surface area contributed by atoms with Crippen molar-refractivity contribution in [3.05, 3.63) is 59.7 Å². The monoisotopic (exact) mass is 883 g/mol. The van der Waals surface area contributed by atoms with Crippen LogP contribution < -0.4 is 5.32 Å². The molecule has 2 heterocycles. The molecule has 3 aliphatic carbocycles. The molecule has 63 heavy (non-hydrogen) atoms. The first-order valence-corrected chi connectivity index (χ1v) is 21.7.